The monoisotopic (exact) mass is 266 g/mol. The summed E-state index contributed by atoms with van der Waals surface area (Å²) in [7, 11) is -1.21. The summed E-state index contributed by atoms with van der Waals surface area (Å²) in [4.78, 5) is 2.69. The molecule has 2 fully saturated rings. The molecule has 5 heteroatoms. The van der Waals surface area contributed by atoms with Gasteiger partial charge in [-0.2, -0.15) is 4.31 Å². The molecule has 0 N–H and O–H groups in total. The highest BCUT2D eigenvalue weighted by Gasteiger charge is 2.54. The number of sulfonamides is 1. The predicted molar refractivity (Wildman–Crippen MR) is 69.9 cm³/mol. The van der Waals surface area contributed by atoms with Crippen LogP contribution in [0.15, 0.2) is 29.2 Å². The summed E-state index contributed by atoms with van der Waals surface area (Å²) in [6.45, 7) is 5.24. The van der Waals surface area contributed by atoms with Crippen molar-refractivity contribution in [1.82, 2.24) is 9.21 Å². The summed E-state index contributed by atoms with van der Waals surface area (Å²) in [5, 5.41) is 0. The fourth-order valence-electron chi connectivity index (χ4n) is 3.16. The second-order valence-corrected chi connectivity index (χ2v) is 7.62. The third kappa shape index (κ3) is 1.69. The zero-order valence-electron chi connectivity index (χ0n) is 10.8. The van der Waals surface area contributed by atoms with Crippen LogP contribution in [-0.4, -0.2) is 50.8 Å². The smallest absolute Gasteiger partial charge is 0.243 e. The highest BCUT2D eigenvalue weighted by atomic mass is 32.2. The van der Waals surface area contributed by atoms with Crippen LogP contribution in [-0.2, 0) is 10.0 Å². The molecule has 0 unspecified atom stereocenters. The Morgan fingerprint density at radius 2 is 1.72 bits per heavy atom. The Balaban J connectivity index is 1.80. The molecule has 2 heterocycles. The molecular formula is C13H18N2O2S. The van der Waals surface area contributed by atoms with E-state index in [0.29, 0.717) is 18.0 Å². The molecule has 0 amide bonds. The van der Waals surface area contributed by atoms with Crippen molar-refractivity contribution in [2.24, 2.45) is 5.41 Å². The highest BCUT2D eigenvalue weighted by molar-refractivity contribution is 7.89. The average Bonchev–Trinajstić information content (AvgIpc) is 2.21. The lowest BCUT2D eigenvalue weighted by molar-refractivity contribution is -0.0672. The lowest BCUT2D eigenvalue weighted by Gasteiger charge is -2.58. The van der Waals surface area contributed by atoms with Gasteiger partial charge in [-0.15, -0.1) is 0 Å². The van der Waals surface area contributed by atoms with Crippen LogP contribution in [0.5, 0.6) is 0 Å². The number of hydrogen-bond donors (Lipinski definition) is 0. The number of hydrogen-bond acceptors (Lipinski definition) is 3. The van der Waals surface area contributed by atoms with Crippen molar-refractivity contribution in [2.75, 3.05) is 33.2 Å². The van der Waals surface area contributed by atoms with Crippen molar-refractivity contribution in [3.8, 4) is 0 Å². The van der Waals surface area contributed by atoms with Gasteiger partial charge < -0.3 is 4.90 Å². The summed E-state index contributed by atoms with van der Waals surface area (Å²) >= 11 is 0. The Morgan fingerprint density at radius 1 is 1.11 bits per heavy atom. The van der Waals surface area contributed by atoms with E-state index in [2.05, 4.69) is 11.9 Å². The standard InChI is InChI=1S/C13H18N2O2S/c1-11-5-3-4-6-12(11)18(16,17)15-9-13(10-15)7-14(2)8-13/h3-6H,7-10H2,1-2H3. The van der Waals surface area contributed by atoms with E-state index in [1.165, 1.54) is 0 Å². The van der Waals surface area contributed by atoms with Gasteiger partial charge in [0.05, 0.1) is 4.90 Å². The summed E-state index contributed by atoms with van der Waals surface area (Å²) in [5.74, 6) is 0. The van der Waals surface area contributed by atoms with Crippen molar-refractivity contribution in [3.05, 3.63) is 29.8 Å². The topological polar surface area (TPSA) is 40.6 Å². The Kier molecular flexibility index (Phi) is 2.56. The first kappa shape index (κ1) is 12.1. The molecule has 0 bridgehead atoms. The van der Waals surface area contributed by atoms with Crippen molar-refractivity contribution in [1.29, 1.82) is 0 Å². The van der Waals surface area contributed by atoms with E-state index < -0.39 is 10.0 Å². The highest BCUT2D eigenvalue weighted by Crippen LogP contribution is 2.41. The number of likely N-dealkylation sites (tertiary alicyclic amines) is 1. The molecular weight excluding hydrogens is 248 g/mol. The molecule has 4 nitrogen and oxygen atoms in total. The van der Waals surface area contributed by atoms with Crippen LogP contribution in [0.2, 0.25) is 0 Å². The van der Waals surface area contributed by atoms with Gasteiger partial charge >= 0.3 is 0 Å². The van der Waals surface area contributed by atoms with Crippen LogP contribution in [0.25, 0.3) is 0 Å². The third-order valence-corrected chi connectivity index (χ3v) is 5.90. The lowest BCUT2D eigenvalue weighted by Crippen LogP contribution is -2.71. The van der Waals surface area contributed by atoms with Crippen molar-refractivity contribution in [3.63, 3.8) is 0 Å². The van der Waals surface area contributed by atoms with Gasteiger partial charge in [0.15, 0.2) is 0 Å². The quantitative estimate of drug-likeness (QED) is 0.799. The van der Waals surface area contributed by atoms with Gasteiger partial charge in [-0.25, -0.2) is 8.42 Å². The van der Waals surface area contributed by atoms with E-state index >= 15 is 0 Å². The SMILES string of the molecule is Cc1ccccc1S(=O)(=O)N1CC2(CN(C)C2)C1. The maximum absolute atomic E-state index is 12.5. The van der Waals surface area contributed by atoms with Crippen LogP contribution in [0.3, 0.4) is 0 Å². The van der Waals surface area contributed by atoms with E-state index in [1.807, 2.05) is 19.1 Å². The van der Waals surface area contributed by atoms with Gasteiger partial charge in [-0.3, -0.25) is 0 Å². The van der Waals surface area contributed by atoms with Crippen LogP contribution in [0.1, 0.15) is 5.56 Å². The van der Waals surface area contributed by atoms with Gasteiger partial charge in [-0.1, -0.05) is 18.2 Å². The molecule has 18 heavy (non-hydrogen) atoms. The van der Waals surface area contributed by atoms with E-state index in [-0.39, 0.29) is 5.41 Å². The van der Waals surface area contributed by atoms with Gasteiger partial charge in [0.25, 0.3) is 0 Å². The van der Waals surface area contributed by atoms with E-state index in [9.17, 15) is 8.42 Å². The molecule has 0 aromatic heterocycles. The lowest BCUT2D eigenvalue weighted by atomic mass is 9.75. The molecule has 0 atom stereocenters. The third-order valence-electron chi connectivity index (χ3n) is 3.95. The summed E-state index contributed by atoms with van der Waals surface area (Å²) in [6.07, 6.45) is 0. The van der Waals surface area contributed by atoms with E-state index in [0.717, 1.165) is 18.7 Å². The van der Waals surface area contributed by atoms with Crippen LogP contribution < -0.4 is 0 Å². The molecule has 1 aromatic rings. The van der Waals surface area contributed by atoms with Gasteiger partial charge in [0, 0.05) is 31.6 Å². The normalized spacial score (nSPS) is 23.7. The van der Waals surface area contributed by atoms with Gasteiger partial charge in [0.2, 0.25) is 10.0 Å². The van der Waals surface area contributed by atoms with Crippen molar-refractivity contribution in [2.45, 2.75) is 11.8 Å². The molecule has 3 rings (SSSR count). The van der Waals surface area contributed by atoms with Crippen molar-refractivity contribution >= 4 is 10.0 Å². The minimum Gasteiger partial charge on any atom is -0.305 e. The molecule has 2 aliphatic rings. The molecule has 0 radical (unpaired) electrons. The first-order valence-corrected chi connectivity index (χ1v) is 7.61. The molecule has 2 aliphatic heterocycles. The minimum atomic E-state index is -3.28. The number of benzene rings is 1. The fourth-order valence-corrected chi connectivity index (χ4v) is 5.05. The Hall–Kier alpha value is -0.910. The van der Waals surface area contributed by atoms with Crippen LogP contribution >= 0.6 is 0 Å². The average molecular weight is 266 g/mol. The second kappa shape index (κ2) is 3.79. The van der Waals surface area contributed by atoms with Crippen molar-refractivity contribution < 1.29 is 8.42 Å². The maximum atomic E-state index is 12.5. The van der Waals surface area contributed by atoms with Crippen LogP contribution in [0, 0.1) is 12.3 Å². The van der Waals surface area contributed by atoms with Gasteiger partial charge in [-0.05, 0) is 25.6 Å². The minimum absolute atomic E-state index is 0.241. The second-order valence-electron chi connectivity index (χ2n) is 5.71. The summed E-state index contributed by atoms with van der Waals surface area (Å²) in [5.41, 5.74) is 1.06. The summed E-state index contributed by atoms with van der Waals surface area (Å²) in [6, 6.07) is 7.20. The molecule has 0 aliphatic carbocycles. The number of nitrogens with zero attached hydrogens (tertiary/aromatic N) is 2. The summed E-state index contributed by atoms with van der Waals surface area (Å²) < 4.78 is 26.5. The Bertz CT molecular complexity index is 568. The first-order chi connectivity index (χ1) is 8.43. The number of rotatable bonds is 2. The Labute approximate surface area is 108 Å². The predicted octanol–water partition coefficient (Wildman–Crippen LogP) is 0.931. The number of aryl methyl sites for hydroxylation is 1. The zero-order chi connectivity index (χ0) is 13.0. The Morgan fingerprint density at radius 3 is 2.28 bits per heavy atom. The van der Waals surface area contributed by atoms with E-state index in [4.69, 9.17) is 0 Å². The molecule has 98 valence electrons. The zero-order valence-corrected chi connectivity index (χ0v) is 11.6. The molecule has 1 spiro atoms. The first-order valence-electron chi connectivity index (χ1n) is 6.17. The maximum Gasteiger partial charge on any atom is 0.243 e. The molecule has 2 saturated heterocycles. The van der Waals surface area contributed by atoms with Gasteiger partial charge in [0.1, 0.15) is 0 Å². The van der Waals surface area contributed by atoms with Crippen LogP contribution in [0.4, 0.5) is 0 Å². The molecule has 1 aromatic carbocycles. The largest absolute Gasteiger partial charge is 0.305 e. The van der Waals surface area contributed by atoms with E-state index in [1.54, 1.807) is 16.4 Å². The fraction of sp³-hybridized carbons (Fsp3) is 0.538. The molecule has 0 saturated carbocycles.